The molecule has 3 aromatic rings. The van der Waals surface area contributed by atoms with E-state index >= 15 is 0 Å². The molecule has 1 aliphatic rings. The van der Waals surface area contributed by atoms with Crippen molar-refractivity contribution in [2.75, 3.05) is 0 Å². The van der Waals surface area contributed by atoms with E-state index in [0.29, 0.717) is 24.2 Å². The Labute approximate surface area is 249 Å². The second-order valence-corrected chi connectivity index (χ2v) is 13.8. The molecule has 0 unspecified atom stereocenters. The molecule has 0 aromatic heterocycles. The number of halogens is 9. The maximum atomic E-state index is 14.3. The van der Waals surface area contributed by atoms with Crippen molar-refractivity contribution in [1.82, 2.24) is 0 Å². The van der Waals surface area contributed by atoms with E-state index in [1.54, 1.807) is 0 Å². The third kappa shape index (κ3) is 6.16. The van der Waals surface area contributed by atoms with Gasteiger partial charge in [0.05, 0.1) is 5.75 Å². The zero-order valence-corrected chi connectivity index (χ0v) is 24.6. The molecule has 4 rings (SSSR count). The highest BCUT2D eigenvalue weighted by Gasteiger charge is 2.85. The zero-order valence-electron chi connectivity index (χ0n) is 23.7. The van der Waals surface area contributed by atoms with Crippen molar-refractivity contribution in [2.45, 2.75) is 80.1 Å². The number of rotatable bonds is 8. The summed E-state index contributed by atoms with van der Waals surface area (Å²) in [6.07, 6.45) is -5.72. The summed E-state index contributed by atoms with van der Waals surface area (Å²) < 4.78 is 151. The molecule has 0 bridgehead atoms. The molecule has 13 heteroatoms. The largest absolute Gasteiger partial charge is 0.488 e. The van der Waals surface area contributed by atoms with Gasteiger partial charge in [-0.1, -0.05) is 60.7 Å². The fraction of sp³-hybridized carbons (Fsp3) is 0.419. The molecular weight excluding hydrogens is 623 g/mol. The lowest BCUT2D eigenvalue weighted by atomic mass is 9.69. The standard InChI is InChI=1S/C31H29F9O3S/c1-27(2,3)43-23-14-16-25-22(17-23)13-15-24(20-7-5-4-6-8-20)26(25)21-11-9-19(10-12-21)18-44(41,42)31(39,40)29(34,35)28(32,33)30(36,37)38/h4-12,14,16-17,24,26H,13,15,18H2,1-3H3/t24-,26+/m1/s1. The molecule has 0 fully saturated rings. The monoisotopic (exact) mass is 652 g/mol. The first-order valence-electron chi connectivity index (χ1n) is 13.5. The Hall–Kier alpha value is -3.22. The van der Waals surface area contributed by atoms with E-state index in [4.69, 9.17) is 4.74 Å². The first-order valence-corrected chi connectivity index (χ1v) is 15.1. The highest BCUT2D eigenvalue weighted by Crippen LogP contribution is 2.55. The number of hydrogen-bond donors (Lipinski definition) is 0. The molecule has 0 N–H and O–H groups in total. The second kappa shape index (κ2) is 11.3. The Bertz CT molecular complexity index is 1580. The van der Waals surface area contributed by atoms with Gasteiger partial charge in [-0.05, 0) is 79.5 Å². The van der Waals surface area contributed by atoms with Crippen LogP contribution in [0.2, 0.25) is 0 Å². The van der Waals surface area contributed by atoms with Crippen molar-refractivity contribution in [3.8, 4) is 5.75 Å². The normalized spacial score (nSPS) is 18.5. The van der Waals surface area contributed by atoms with Crippen LogP contribution in [-0.4, -0.2) is 37.3 Å². The van der Waals surface area contributed by atoms with Gasteiger partial charge in [-0.2, -0.15) is 39.5 Å². The van der Waals surface area contributed by atoms with Crippen LogP contribution >= 0.6 is 0 Å². The molecule has 44 heavy (non-hydrogen) atoms. The van der Waals surface area contributed by atoms with Crippen LogP contribution in [0.25, 0.3) is 0 Å². The van der Waals surface area contributed by atoms with Gasteiger partial charge in [0.25, 0.3) is 0 Å². The quantitative estimate of drug-likeness (QED) is 0.228. The van der Waals surface area contributed by atoms with Crippen molar-refractivity contribution >= 4 is 9.84 Å². The van der Waals surface area contributed by atoms with Gasteiger partial charge in [-0.3, -0.25) is 0 Å². The lowest BCUT2D eigenvalue weighted by molar-refractivity contribution is -0.382. The molecule has 0 amide bonds. The first-order chi connectivity index (χ1) is 20.1. The number of hydrogen-bond acceptors (Lipinski definition) is 3. The lowest BCUT2D eigenvalue weighted by Gasteiger charge is -2.35. The van der Waals surface area contributed by atoms with Gasteiger partial charge in [-0.15, -0.1) is 0 Å². The van der Waals surface area contributed by atoms with Gasteiger partial charge in [0.2, 0.25) is 9.84 Å². The number of benzene rings is 3. The van der Waals surface area contributed by atoms with Gasteiger partial charge < -0.3 is 4.74 Å². The highest BCUT2D eigenvalue weighted by molar-refractivity contribution is 7.91. The van der Waals surface area contributed by atoms with E-state index in [0.717, 1.165) is 28.8 Å². The average molecular weight is 653 g/mol. The molecule has 2 atom stereocenters. The molecule has 0 saturated heterocycles. The minimum Gasteiger partial charge on any atom is -0.488 e. The van der Waals surface area contributed by atoms with Crippen molar-refractivity contribution in [1.29, 1.82) is 0 Å². The van der Waals surface area contributed by atoms with Crippen LogP contribution in [0, 0.1) is 0 Å². The molecule has 0 saturated carbocycles. The summed E-state index contributed by atoms with van der Waals surface area (Å²) in [6.45, 7) is 5.71. The molecule has 3 nitrogen and oxygen atoms in total. The smallest absolute Gasteiger partial charge is 0.460 e. The van der Waals surface area contributed by atoms with Crippen LogP contribution in [0.5, 0.6) is 5.75 Å². The number of sulfone groups is 1. The lowest BCUT2D eigenvalue weighted by Crippen LogP contribution is -2.63. The topological polar surface area (TPSA) is 43.4 Å². The number of aryl methyl sites for hydroxylation is 1. The second-order valence-electron chi connectivity index (χ2n) is 11.8. The van der Waals surface area contributed by atoms with Gasteiger partial charge in [0.15, 0.2) is 0 Å². The first kappa shape index (κ1) is 33.7. The molecule has 0 aliphatic heterocycles. The maximum absolute atomic E-state index is 14.3. The van der Waals surface area contributed by atoms with E-state index in [1.807, 2.05) is 69.3 Å². The van der Waals surface area contributed by atoms with Gasteiger partial charge in [0, 0.05) is 5.92 Å². The average Bonchev–Trinajstić information content (AvgIpc) is 2.91. The summed E-state index contributed by atoms with van der Waals surface area (Å²) in [7, 11) is -6.55. The van der Waals surface area contributed by atoms with E-state index in [2.05, 4.69) is 0 Å². The summed E-state index contributed by atoms with van der Waals surface area (Å²) in [4.78, 5) is 0. The molecule has 3 aromatic carbocycles. The van der Waals surface area contributed by atoms with E-state index in [-0.39, 0.29) is 11.8 Å². The number of fused-ring (bicyclic) bond motifs is 1. The third-order valence-electron chi connectivity index (χ3n) is 7.43. The molecular formula is C31H29F9O3S. The Morgan fingerprint density at radius 2 is 1.34 bits per heavy atom. The Morgan fingerprint density at radius 3 is 1.89 bits per heavy atom. The van der Waals surface area contributed by atoms with E-state index in [1.165, 1.54) is 12.1 Å². The van der Waals surface area contributed by atoms with Crippen LogP contribution in [0.15, 0.2) is 72.8 Å². The molecule has 0 heterocycles. The minimum absolute atomic E-state index is 0.0692. The third-order valence-corrected chi connectivity index (χ3v) is 9.18. The Kier molecular flexibility index (Phi) is 8.64. The summed E-state index contributed by atoms with van der Waals surface area (Å²) in [6, 6.07) is 20.0. The fourth-order valence-corrected chi connectivity index (χ4v) is 6.70. The van der Waals surface area contributed by atoms with Crippen LogP contribution in [0.1, 0.15) is 66.8 Å². The summed E-state index contributed by atoms with van der Waals surface area (Å²) in [5.74, 6) is -16.2. The summed E-state index contributed by atoms with van der Waals surface area (Å²) in [5, 5.41) is -6.73. The molecule has 240 valence electrons. The van der Waals surface area contributed by atoms with E-state index < -0.39 is 50.0 Å². The van der Waals surface area contributed by atoms with Crippen LogP contribution in [0.4, 0.5) is 39.5 Å². The highest BCUT2D eigenvalue weighted by atomic mass is 32.2. The zero-order chi connectivity index (χ0) is 32.9. The van der Waals surface area contributed by atoms with Crippen LogP contribution in [-0.2, 0) is 22.0 Å². The summed E-state index contributed by atoms with van der Waals surface area (Å²) >= 11 is 0. The molecule has 1 aliphatic carbocycles. The SMILES string of the molecule is CC(C)(C)Oc1ccc2c(c1)CC[C@H](c1ccccc1)[C@@H]2c1ccc(CS(=O)(=O)C(F)(F)C(F)(F)C(F)(F)C(F)(F)F)cc1. The predicted octanol–water partition coefficient (Wildman–Crippen LogP) is 9.07. The van der Waals surface area contributed by atoms with Crippen molar-refractivity contribution in [3.05, 3.63) is 101 Å². The van der Waals surface area contributed by atoms with Crippen molar-refractivity contribution in [3.63, 3.8) is 0 Å². The summed E-state index contributed by atoms with van der Waals surface area (Å²) in [5.41, 5.74) is 2.58. The Morgan fingerprint density at radius 1 is 0.750 bits per heavy atom. The van der Waals surface area contributed by atoms with Crippen LogP contribution in [0.3, 0.4) is 0 Å². The van der Waals surface area contributed by atoms with E-state index in [9.17, 15) is 47.9 Å². The maximum Gasteiger partial charge on any atom is 0.460 e. The Balaban J connectivity index is 1.69. The van der Waals surface area contributed by atoms with Crippen LogP contribution < -0.4 is 4.74 Å². The molecule has 0 radical (unpaired) electrons. The molecule has 0 spiro atoms. The fourth-order valence-electron chi connectivity index (χ4n) is 5.37. The van der Waals surface area contributed by atoms with Crippen molar-refractivity contribution in [2.24, 2.45) is 0 Å². The number of alkyl halides is 9. The number of ether oxygens (including phenoxy) is 1. The predicted molar refractivity (Wildman–Crippen MR) is 146 cm³/mol. The van der Waals surface area contributed by atoms with Gasteiger partial charge in [-0.25, -0.2) is 8.42 Å². The van der Waals surface area contributed by atoms with Gasteiger partial charge in [0.1, 0.15) is 11.4 Å². The van der Waals surface area contributed by atoms with Crippen molar-refractivity contribution < 1.29 is 52.7 Å². The minimum atomic E-state index is -7.31. The van der Waals surface area contributed by atoms with Gasteiger partial charge >= 0.3 is 23.3 Å².